The molecule has 0 atom stereocenters. The van der Waals surface area contributed by atoms with Gasteiger partial charge < -0.3 is 14.9 Å². The number of rotatable bonds is 2. The first-order chi connectivity index (χ1) is 6.15. The maximum Gasteiger partial charge on any atom is 0.325 e. The summed E-state index contributed by atoms with van der Waals surface area (Å²) in [6.45, 7) is 1.26. The summed E-state index contributed by atoms with van der Waals surface area (Å²) in [4.78, 5) is 21.9. The number of aryl methyl sites for hydroxylation is 1. The number of esters is 1. The van der Waals surface area contributed by atoms with Gasteiger partial charge in [-0.3, -0.25) is 9.59 Å². The van der Waals surface area contributed by atoms with Crippen LogP contribution in [0.5, 0.6) is 5.75 Å². The van der Waals surface area contributed by atoms with Crippen molar-refractivity contribution in [1.82, 2.24) is 0 Å². The van der Waals surface area contributed by atoms with Crippen molar-refractivity contribution in [2.75, 3.05) is 6.54 Å². The van der Waals surface area contributed by atoms with E-state index >= 15 is 0 Å². The fourth-order valence-electron chi connectivity index (χ4n) is 0.778. The van der Waals surface area contributed by atoms with Crippen molar-refractivity contribution in [3.8, 4) is 5.75 Å². The van der Waals surface area contributed by atoms with Crippen LogP contribution in [0.3, 0.4) is 0 Å². The van der Waals surface area contributed by atoms with Gasteiger partial charge >= 0.3 is 5.97 Å². The Labute approximate surface area is 90.7 Å². The molecule has 1 rings (SSSR count). The number of hydrogen-bond acceptors (Lipinski definition) is 5. The number of carbonyl (C=O) groups excluding carboxylic acids is 1. The molecule has 5 nitrogen and oxygen atoms in total. The predicted octanol–water partition coefficient (Wildman–Crippen LogP) is -0.190. The SMILES string of the molecule is Cc1occc(=O)c1OC(=O)CN.[Fe]. The van der Waals surface area contributed by atoms with Crippen LogP contribution in [0.15, 0.2) is 21.5 Å². The van der Waals surface area contributed by atoms with E-state index in [-0.39, 0.29) is 35.1 Å². The van der Waals surface area contributed by atoms with E-state index in [9.17, 15) is 9.59 Å². The Morgan fingerprint density at radius 2 is 2.29 bits per heavy atom. The summed E-state index contributed by atoms with van der Waals surface area (Å²) >= 11 is 0. The van der Waals surface area contributed by atoms with Crippen LogP contribution in [0.25, 0.3) is 0 Å². The smallest absolute Gasteiger partial charge is 0.325 e. The summed E-state index contributed by atoms with van der Waals surface area (Å²) in [5.41, 5.74) is 4.62. The molecule has 14 heavy (non-hydrogen) atoms. The Kier molecular flexibility index (Phi) is 5.15. The van der Waals surface area contributed by atoms with Crippen LogP contribution >= 0.6 is 0 Å². The largest absolute Gasteiger partial charge is 0.465 e. The fourth-order valence-corrected chi connectivity index (χ4v) is 0.778. The van der Waals surface area contributed by atoms with Gasteiger partial charge in [0.1, 0.15) is 5.76 Å². The van der Waals surface area contributed by atoms with Gasteiger partial charge in [-0.05, 0) is 6.92 Å². The molecule has 0 fully saturated rings. The molecule has 0 aliphatic heterocycles. The third kappa shape index (κ3) is 2.99. The topological polar surface area (TPSA) is 82.5 Å². The van der Waals surface area contributed by atoms with Crippen molar-refractivity contribution in [3.63, 3.8) is 0 Å². The fraction of sp³-hybridized carbons (Fsp3) is 0.250. The molecule has 2 N–H and O–H groups in total. The maximum atomic E-state index is 11.1. The second-order valence-corrected chi connectivity index (χ2v) is 2.35. The van der Waals surface area contributed by atoms with E-state index in [1.807, 2.05) is 0 Å². The first-order valence-electron chi connectivity index (χ1n) is 3.64. The van der Waals surface area contributed by atoms with Crippen molar-refractivity contribution >= 4 is 5.97 Å². The van der Waals surface area contributed by atoms with Gasteiger partial charge in [0, 0.05) is 23.1 Å². The molecule has 0 amide bonds. The van der Waals surface area contributed by atoms with Crippen molar-refractivity contribution in [2.24, 2.45) is 5.73 Å². The van der Waals surface area contributed by atoms with Gasteiger partial charge in [-0.15, -0.1) is 0 Å². The molecule has 0 aromatic carbocycles. The van der Waals surface area contributed by atoms with Crippen LogP contribution < -0.4 is 15.9 Å². The zero-order chi connectivity index (χ0) is 9.84. The summed E-state index contributed by atoms with van der Waals surface area (Å²) in [7, 11) is 0. The molecular formula is C8H9FeNO4. The van der Waals surface area contributed by atoms with Crippen molar-refractivity contribution in [2.45, 2.75) is 6.92 Å². The summed E-state index contributed by atoms with van der Waals surface area (Å²) in [6, 6.07) is 1.17. The molecule has 0 bridgehead atoms. The van der Waals surface area contributed by atoms with Gasteiger partial charge in [-0.1, -0.05) is 0 Å². The zero-order valence-corrected chi connectivity index (χ0v) is 8.53. The van der Waals surface area contributed by atoms with Gasteiger partial charge in [0.2, 0.25) is 11.2 Å². The van der Waals surface area contributed by atoms with E-state index in [0.29, 0.717) is 0 Å². The minimum absolute atomic E-state index is 0. The number of ether oxygens (including phenoxy) is 1. The van der Waals surface area contributed by atoms with Crippen LogP contribution in [-0.4, -0.2) is 12.5 Å². The van der Waals surface area contributed by atoms with Crippen LogP contribution in [0.4, 0.5) is 0 Å². The van der Waals surface area contributed by atoms with Crippen molar-refractivity contribution in [3.05, 3.63) is 28.3 Å². The predicted molar refractivity (Wildman–Crippen MR) is 44.4 cm³/mol. The Morgan fingerprint density at radius 1 is 1.64 bits per heavy atom. The van der Waals surface area contributed by atoms with E-state index in [1.165, 1.54) is 19.3 Å². The van der Waals surface area contributed by atoms with Crippen LogP contribution in [0.2, 0.25) is 0 Å². The molecule has 1 heterocycles. The van der Waals surface area contributed by atoms with E-state index in [1.54, 1.807) is 0 Å². The maximum absolute atomic E-state index is 11.1. The van der Waals surface area contributed by atoms with Crippen LogP contribution in [0, 0.1) is 6.92 Å². The van der Waals surface area contributed by atoms with Crippen molar-refractivity contribution < 1.29 is 31.0 Å². The van der Waals surface area contributed by atoms with Gasteiger partial charge in [0.25, 0.3) is 0 Å². The van der Waals surface area contributed by atoms with Gasteiger partial charge in [-0.25, -0.2) is 0 Å². The molecule has 0 aliphatic carbocycles. The molecule has 1 aromatic heterocycles. The molecule has 0 spiro atoms. The van der Waals surface area contributed by atoms with E-state index < -0.39 is 11.4 Å². The van der Waals surface area contributed by atoms with Crippen LogP contribution in [0.1, 0.15) is 5.76 Å². The average molecular weight is 239 g/mol. The first-order valence-corrected chi connectivity index (χ1v) is 3.64. The monoisotopic (exact) mass is 239 g/mol. The number of hydrogen-bond donors (Lipinski definition) is 1. The molecular weight excluding hydrogens is 230 g/mol. The Hall–Kier alpha value is -1.10. The Morgan fingerprint density at radius 3 is 2.79 bits per heavy atom. The number of nitrogens with two attached hydrogens (primary N) is 1. The Balaban J connectivity index is 0.00000169. The van der Waals surface area contributed by atoms with Gasteiger partial charge in [0.05, 0.1) is 12.8 Å². The standard InChI is InChI=1S/C8H9NO4.Fe/c1-5-8(13-7(11)4-9)6(10)2-3-12-5;/h2-3H,4,9H2,1H3;. The minimum atomic E-state index is -0.665. The molecule has 0 aliphatic rings. The third-order valence-corrected chi connectivity index (χ3v) is 1.39. The second kappa shape index (κ2) is 5.59. The molecule has 6 heteroatoms. The first kappa shape index (κ1) is 12.9. The third-order valence-electron chi connectivity index (χ3n) is 1.39. The summed E-state index contributed by atoms with van der Waals surface area (Å²) in [5.74, 6) is -0.506. The summed E-state index contributed by atoms with van der Waals surface area (Å²) in [5, 5.41) is 0. The van der Waals surface area contributed by atoms with E-state index in [4.69, 9.17) is 10.2 Å². The molecule has 0 radical (unpaired) electrons. The van der Waals surface area contributed by atoms with E-state index in [0.717, 1.165) is 0 Å². The Bertz CT molecular complexity index is 374. The summed E-state index contributed by atoms with van der Waals surface area (Å²) in [6.07, 6.45) is 1.23. The average Bonchev–Trinajstić information content (AvgIpc) is 2.11. The van der Waals surface area contributed by atoms with E-state index in [2.05, 4.69) is 4.74 Å². The summed E-state index contributed by atoms with van der Waals surface area (Å²) < 4.78 is 9.52. The molecule has 0 saturated carbocycles. The quantitative estimate of drug-likeness (QED) is 0.571. The van der Waals surface area contributed by atoms with Crippen LogP contribution in [-0.2, 0) is 21.9 Å². The number of carbonyl (C=O) groups is 1. The molecule has 1 aromatic rings. The normalized spacial score (nSPS) is 9.00. The molecule has 0 unspecified atom stereocenters. The van der Waals surface area contributed by atoms with Gasteiger partial charge in [0.15, 0.2) is 0 Å². The molecule has 0 saturated heterocycles. The second-order valence-electron chi connectivity index (χ2n) is 2.35. The van der Waals surface area contributed by atoms with Gasteiger partial charge in [-0.2, -0.15) is 0 Å². The molecule has 78 valence electrons. The zero-order valence-electron chi connectivity index (χ0n) is 7.43. The minimum Gasteiger partial charge on any atom is -0.465 e. The van der Waals surface area contributed by atoms with Crippen molar-refractivity contribution in [1.29, 1.82) is 0 Å².